The fourth-order valence-corrected chi connectivity index (χ4v) is 2.41. The number of esters is 2. The molecule has 0 aliphatic carbocycles. The molecule has 0 radical (unpaired) electrons. The molecule has 0 atom stereocenters. The van der Waals surface area contributed by atoms with Gasteiger partial charge in [0.15, 0.2) is 10.8 Å². The molecule has 0 bridgehead atoms. The predicted octanol–water partition coefficient (Wildman–Crippen LogP) is 2.02. The van der Waals surface area contributed by atoms with Gasteiger partial charge in [0, 0.05) is 11.9 Å². The second-order valence-corrected chi connectivity index (χ2v) is 5.10. The van der Waals surface area contributed by atoms with Gasteiger partial charge in [-0.05, 0) is 20.3 Å². The van der Waals surface area contributed by atoms with Crippen LogP contribution in [0.25, 0.3) is 0 Å². The smallest absolute Gasteiger partial charge is 0.397 e. The molecule has 1 aromatic rings. The lowest BCUT2D eigenvalue weighted by atomic mass is 10.3. The van der Waals surface area contributed by atoms with Crippen LogP contribution < -0.4 is 4.90 Å². The minimum atomic E-state index is -0.925. The van der Waals surface area contributed by atoms with E-state index in [0.29, 0.717) is 13.0 Å². The zero-order chi connectivity index (χ0) is 16.5. The fourth-order valence-electron chi connectivity index (χ4n) is 1.59. The Kier molecular flexibility index (Phi) is 7.51. The van der Waals surface area contributed by atoms with Crippen LogP contribution in [-0.2, 0) is 19.1 Å². The van der Waals surface area contributed by atoms with Gasteiger partial charge in [-0.3, -0.25) is 9.69 Å². The van der Waals surface area contributed by atoms with Crippen LogP contribution in [0.15, 0.2) is 5.38 Å². The van der Waals surface area contributed by atoms with Crippen molar-refractivity contribution in [3.8, 4) is 0 Å². The maximum Gasteiger partial charge on any atom is 0.397 e. The molecule has 1 amide bonds. The minimum absolute atomic E-state index is 0.123. The highest BCUT2D eigenvalue weighted by molar-refractivity contribution is 7.14. The monoisotopic (exact) mass is 328 g/mol. The lowest BCUT2D eigenvalue weighted by Crippen LogP contribution is -2.38. The molecular weight excluding hydrogens is 308 g/mol. The summed E-state index contributed by atoms with van der Waals surface area (Å²) in [6.45, 7) is 6.00. The van der Waals surface area contributed by atoms with Gasteiger partial charge in [0.05, 0.1) is 13.2 Å². The molecule has 22 heavy (non-hydrogen) atoms. The first-order valence-electron chi connectivity index (χ1n) is 7.16. The van der Waals surface area contributed by atoms with E-state index in [4.69, 9.17) is 9.47 Å². The summed E-state index contributed by atoms with van der Waals surface area (Å²) in [7, 11) is 0. The van der Waals surface area contributed by atoms with Crippen molar-refractivity contribution in [2.75, 3.05) is 24.7 Å². The molecule has 0 saturated carbocycles. The number of hydrogen-bond acceptors (Lipinski definition) is 7. The third-order valence-electron chi connectivity index (χ3n) is 2.64. The van der Waals surface area contributed by atoms with Gasteiger partial charge in [-0.25, -0.2) is 14.6 Å². The number of unbranched alkanes of at least 4 members (excludes halogenated alkanes) is 1. The largest absolute Gasteiger partial charge is 0.461 e. The molecule has 8 heteroatoms. The van der Waals surface area contributed by atoms with Crippen molar-refractivity contribution in [2.24, 2.45) is 0 Å². The Hall–Kier alpha value is -1.96. The van der Waals surface area contributed by atoms with Crippen molar-refractivity contribution in [2.45, 2.75) is 33.6 Å². The number of anilines is 1. The predicted molar refractivity (Wildman–Crippen MR) is 82.0 cm³/mol. The topological polar surface area (TPSA) is 85.8 Å². The van der Waals surface area contributed by atoms with E-state index in [9.17, 15) is 14.4 Å². The molecule has 0 aromatic carbocycles. The first-order valence-corrected chi connectivity index (χ1v) is 8.04. The fraction of sp³-hybridized carbons (Fsp3) is 0.571. The Balaban J connectivity index is 2.94. The average molecular weight is 328 g/mol. The molecule has 0 unspecified atom stereocenters. The van der Waals surface area contributed by atoms with Crippen molar-refractivity contribution >= 4 is 34.3 Å². The number of nitrogens with zero attached hydrogens (tertiary/aromatic N) is 2. The average Bonchev–Trinajstić information content (AvgIpc) is 2.97. The summed E-state index contributed by atoms with van der Waals surface area (Å²) in [4.78, 5) is 40.7. The Morgan fingerprint density at radius 1 is 1.18 bits per heavy atom. The van der Waals surface area contributed by atoms with E-state index in [0.717, 1.165) is 17.8 Å². The van der Waals surface area contributed by atoms with Gasteiger partial charge in [-0.1, -0.05) is 13.3 Å². The third-order valence-corrected chi connectivity index (χ3v) is 3.50. The van der Waals surface area contributed by atoms with Crippen LogP contribution in [0.5, 0.6) is 0 Å². The lowest BCUT2D eigenvalue weighted by molar-refractivity contribution is -0.153. The molecule has 0 spiro atoms. The van der Waals surface area contributed by atoms with Crippen LogP contribution in [0, 0.1) is 0 Å². The number of amides is 1. The molecule has 0 aliphatic rings. The van der Waals surface area contributed by atoms with E-state index >= 15 is 0 Å². The summed E-state index contributed by atoms with van der Waals surface area (Å²) in [6.07, 6.45) is 1.56. The molecular formula is C14H20N2O5S. The van der Waals surface area contributed by atoms with Gasteiger partial charge in [-0.15, -0.1) is 11.3 Å². The Bertz CT molecular complexity index is 529. The van der Waals surface area contributed by atoms with Gasteiger partial charge in [0.2, 0.25) is 0 Å². The van der Waals surface area contributed by atoms with Gasteiger partial charge in [0.1, 0.15) is 0 Å². The maximum absolute atomic E-state index is 12.1. The summed E-state index contributed by atoms with van der Waals surface area (Å²) in [5.74, 6) is -2.25. The normalized spacial score (nSPS) is 10.1. The molecule has 0 fully saturated rings. The standard InChI is InChI=1S/C14H20N2O5S/c1-4-7-8-16(11(17)13(19)21-6-3)14-15-10(9-22-14)12(18)20-5-2/h9H,4-8H2,1-3H3. The molecule has 122 valence electrons. The van der Waals surface area contributed by atoms with Gasteiger partial charge in [0.25, 0.3) is 0 Å². The Morgan fingerprint density at radius 2 is 1.86 bits per heavy atom. The Labute approximate surface area is 133 Å². The van der Waals surface area contributed by atoms with Crippen LogP contribution in [0.1, 0.15) is 44.1 Å². The SMILES string of the molecule is CCCCN(C(=O)C(=O)OCC)c1nc(C(=O)OCC)cs1. The first kappa shape index (κ1) is 18.1. The molecule has 1 rings (SSSR count). The summed E-state index contributed by atoms with van der Waals surface area (Å²) < 4.78 is 9.59. The number of aromatic nitrogens is 1. The van der Waals surface area contributed by atoms with Crippen LogP contribution in [0.4, 0.5) is 5.13 Å². The first-order chi connectivity index (χ1) is 10.5. The van der Waals surface area contributed by atoms with Gasteiger partial charge in [-0.2, -0.15) is 0 Å². The highest BCUT2D eigenvalue weighted by Gasteiger charge is 2.27. The maximum atomic E-state index is 12.1. The Morgan fingerprint density at radius 3 is 2.45 bits per heavy atom. The van der Waals surface area contributed by atoms with E-state index in [1.807, 2.05) is 6.92 Å². The molecule has 0 saturated heterocycles. The number of thiazole rings is 1. The van der Waals surface area contributed by atoms with Gasteiger partial charge < -0.3 is 9.47 Å². The van der Waals surface area contributed by atoms with Crippen molar-refractivity contribution in [3.63, 3.8) is 0 Å². The van der Waals surface area contributed by atoms with Crippen molar-refractivity contribution in [1.29, 1.82) is 0 Å². The quantitative estimate of drug-likeness (QED) is 0.562. The second kappa shape index (κ2) is 9.14. The van der Waals surface area contributed by atoms with Crippen LogP contribution >= 0.6 is 11.3 Å². The number of rotatable bonds is 7. The molecule has 0 aliphatic heterocycles. The summed E-state index contributed by atoms with van der Waals surface area (Å²) in [5, 5.41) is 1.79. The molecule has 1 heterocycles. The number of carbonyl (C=O) groups is 3. The summed E-state index contributed by atoms with van der Waals surface area (Å²) >= 11 is 1.11. The molecule has 7 nitrogen and oxygen atoms in total. The van der Waals surface area contributed by atoms with Crippen molar-refractivity contribution in [3.05, 3.63) is 11.1 Å². The van der Waals surface area contributed by atoms with Crippen molar-refractivity contribution < 1.29 is 23.9 Å². The number of carbonyl (C=O) groups excluding carboxylic acids is 3. The third kappa shape index (κ3) is 4.80. The van der Waals surface area contributed by atoms with Crippen molar-refractivity contribution in [1.82, 2.24) is 4.98 Å². The van der Waals surface area contributed by atoms with E-state index in [2.05, 4.69) is 4.98 Å². The van der Waals surface area contributed by atoms with E-state index in [-0.39, 0.29) is 24.0 Å². The zero-order valence-electron chi connectivity index (χ0n) is 13.0. The lowest BCUT2D eigenvalue weighted by Gasteiger charge is -2.18. The highest BCUT2D eigenvalue weighted by Crippen LogP contribution is 2.22. The minimum Gasteiger partial charge on any atom is -0.461 e. The molecule has 1 aromatic heterocycles. The summed E-state index contributed by atoms with van der Waals surface area (Å²) in [5.41, 5.74) is 0.125. The van der Waals surface area contributed by atoms with E-state index < -0.39 is 17.8 Å². The van der Waals surface area contributed by atoms with Gasteiger partial charge >= 0.3 is 17.8 Å². The highest BCUT2D eigenvalue weighted by atomic mass is 32.1. The van der Waals surface area contributed by atoms with Crippen LogP contribution in [-0.4, -0.2) is 42.6 Å². The molecule has 0 N–H and O–H groups in total. The number of hydrogen-bond donors (Lipinski definition) is 0. The second-order valence-electron chi connectivity index (χ2n) is 4.27. The summed E-state index contributed by atoms with van der Waals surface area (Å²) in [6, 6.07) is 0. The number of ether oxygens (including phenoxy) is 2. The van der Waals surface area contributed by atoms with Crippen LogP contribution in [0.3, 0.4) is 0 Å². The van der Waals surface area contributed by atoms with E-state index in [1.165, 1.54) is 10.3 Å². The zero-order valence-corrected chi connectivity index (χ0v) is 13.8. The van der Waals surface area contributed by atoms with Crippen LogP contribution in [0.2, 0.25) is 0 Å². The van der Waals surface area contributed by atoms with E-state index in [1.54, 1.807) is 13.8 Å².